The van der Waals surface area contributed by atoms with Crippen LogP contribution >= 0.6 is 34.2 Å². The molecule has 0 bridgehead atoms. The van der Waals surface area contributed by atoms with Crippen LogP contribution in [0.3, 0.4) is 0 Å². The number of nitrogens with one attached hydrogen (secondary N) is 2. The van der Waals surface area contributed by atoms with E-state index in [4.69, 9.17) is 22.3 Å². The number of rotatable bonds is 10. The molecule has 7 nitrogen and oxygen atoms in total. The van der Waals surface area contributed by atoms with Crippen LogP contribution in [0.2, 0.25) is 5.02 Å². The monoisotopic (exact) mass is 776 g/mol. The maximum atomic E-state index is 14.6. The van der Waals surface area contributed by atoms with Crippen molar-refractivity contribution >= 4 is 56.8 Å². The van der Waals surface area contributed by atoms with Gasteiger partial charge in [-0.25, -0.2) is 17.6 Å². The number of hydrogen-bond donors (Lipinski definition) is 3. The van der Waals surface area contributed by atoms with Gasteiger partial charge in [-0.2, -0.15) is 13.9 Å². The van der Waals surface area contributed by atoms with Crippen LogP contribution in [0, 0.1) is 22.1 Å². The number of nitrogens with zero attached hydrogens (tertiary/aromatic N) is 3. The van der Waals surface area contributed by atoms with Crippen LogP contribution in [0.5, 0.6) is 0 Å². The SMILES string of the molecule is Cc1nc([C@H](Cc2cc(F)cc(F)c2)NC(=O)CNC2=C(CC(F)F)CCC2(F)F)c(-c2ccc(Cl)c3c(N)nn(C)c23)cc1I. The first-order valence-electron chi connectivity index (χ1n) is 14.1. The second-order valence-electron chi connectivity index (χ2n) is 11.0. The highest BCUT2D eigenvalue weighted by molar-refractivity contribution is 14.1. The number of benzene rings is 2. The third kappa shape index (κ3) is 7.06. The van der Waals surface area contributed by atoms with Crippen molar-refractivity contribution in [2.45, 2.75) is 51.0 Å². The fourth-order valence-electron chi connectivity index (χ4n) is 5.76. The van der Waals surface area contributed by atoms with Gasteiger partial charge in [-0.1, -0.05) is 17.7 Å². The van der Waals surface area contributed by atoms with Crippen LogP contribution in [-0.4, -0.2) is 39.6 Å². The molecular weight excluding hydrogens is 749 g/mol. The molecule has 1 aliphatic carbocycles. The minimum Gasteiger partial charge on any atom is -0.382 e. The quantitative estimate of drug-likeness (QED) is 0.115. The first-order valence-corrected chi connectivity index (χ1v) is 15.5. The number of alkyl halides is 4. The van der Waals surface area contributed by atoms with Crippen LogP contribution in [0.15, 0.2) is 47.7 Å². The molecule has 1 aliphatic rings. The lowest BCUT2D eigenvalue weighted by Crippen LogP contribution is -2.40. The number of aromatic nitrogens is 3. The van der Waals surface area contributed by atoms with Gasteiger partial charge >= 0.3 is 0 Å². The van der Waals surface area contributed by atoms with Gasteiger partial charge in [0.2, 0.25) is 12.3 Å². The molecule has 15 heteroatoms. The number of anilines is 1. The molecule has 4 N–H and O–H groups in total. The van der Waals surface area contributed by atoms with Crippen molar-refractivity contribution in [3.8, 4) is 11.1 Å². The number of nitrogens with two attached hydrogens (primary N) is 1. The van der Waals surface area contributed by atoms with Crippen molar-refractivity contribution in [3.05, 3.63) is 84.8 Å². The highest BCUT2D eigenvalue weighted by Gasteiger charge is 2.42. The number of halogens is 8. The van der Waals surface area contributed by atoms with E-state index in [-0.39, 0.29) is 29.8 Å². The summed E-state index contributed by atoms with van der Waals surface area (Å²) in [5, 5.41) is 10.3. The van der Waals surface area contributed by atoms with Crippen molar-refractivity contribution in [1.82, 2.24) is 25.4 Å². The predicted molar refractivity (Wildman–Crippen MR) is 172 cm³/mol. The molecule has 2 aromatic heterocycles. The number of fused-ring (bicyclic) bond motifs is 1. The molecule has 4 aromatic rings. The summed E-state index contributed by atoms with van der Waals surface area (Å²) in [6.07, 6.45) is -4.67. The number of hydrogen-bond acceptors (Lipinski definition) is 5. The summed E-state index contributed by atoms with van der Waals surface area (Å²) in [6, 6.07) is 7.11. The maximum Gasteiger partial charge on any atom is 0.287 e. The number of amides is 1. The number of carbonyl (C=O) groups is 1. The Morgan fingerprint density at radius 1 is 1.13 bits per heavy atom. The van der Waals surface area contributed by atoms with E-state index in [1.165, 1.54) is 0 Å². The summed E-state index contributed by atoms with van der Waals surface area (Å²) in [5.74, 6) is -5.64. The van der Waals surface area contributed by atoms with E-state index < -0.39 is 61.0 Å². The summed E-state index contributed by atoms with van der Waals surface area (Å²) in [5.41, 5.74) is 8.10. The van der Waals surface area contributed by atoms with Gasteiger partial charge in [-0.05, 0) is 77.8 Å². The number of allylic oxidation sites excluding steroid dienone is 2. The highest BCUT2D eigenvalue weighted by Crippen LogP contribution is 2.41. The van der Waals surface area contributed by atoms with Crippen LogP contribution in [0.1, 0.15) is 42.3 Å². The highest BCUT2D eigenvalue weighted by atomic mass is 127. The summed E-state index contributed by atoms with van der Waals surface area (Å²) in [4.78, 5) is 18.1. The van der Waals surface area contributed by atoms with E-state index in [9.17, 15) is 31.1 Å². The molecule has 244 valence electrons. The fraction of sp³-hybridized carbons (Fsp3) is 0.323. The first-order chi connectivity index (χ1) is 21.6. The van der Waals surface area contributed by atoms with Gasteiger partial charge in [0, 0.05) is 40.7 Å². The largest absolute Gasteiger partial charge is 0.382 e. The van der Waals surface area contributed by atoms with Crippen molar-refractivity contribution in [2.24, 2.45) is 7.05 Å². The molecular formula is C31H28ClF6IN6O. The topological polar surface area (TPSA) is 97.9 Å². The van der Waals surface area contributed by atoms with E-state index in [0.29, 0.717) is 44.5 Å². The zero-order chi connectivity index (χ0) is 33.5. The van der Waals surface area contributed by atoms with Gasteiger partial charge < -0.3 is 16.4 Å². The average molecular weight is 777 g/mol. The molecule has 0 saturated carbocycles. The number of pyridine rings is 1. The molecule has 0 radical (unpaired) electrons. The summed E-state index contributed by atoms with van der Waals surface area (Å²) in [7, 11) is 1.68. The van der Waals surface area contributed by atoms with E-state index >= 15 is 0 Å². The number of nitrogen functional groups attached to an aromatic ring is 1. The van der Waals surface area contributed by atoms with Gasteiger partial charge in [-0.3, -0.25) is 14.5 Å². The van der Waals surface area contributed by atoms with Crippen LogP contribution < -0.4 is 16.4 Å². The Hall–Kier alpha value is -3.53. The van der Waals surface area contributed by atoms with Gasteiger partial charge in [0.05, 0.1) is 45.6 Å². The Morgan fingerprint density at radius 2 is 1.83 bits per heavy atom. The van der Waals surface area contributed by atoms with Crippen LogP contribution in [-0.2, 0) is 18.3 Å². The minimum atomic E-state index is -3.39. The number of aryl methyl sites for hydroxylation is 2. The lowest BCUT2D eigenvalue weighted by Gasteiger charge is -2.24. The molecule has 0 fully saturated rings. The fourth-order valence-corrected chi connectivity index (χ4v) is 6.44. The van der Waals surface area contributed by atoms with Crippen molar-refractivity contribution in [2.75, 3.05) is 12.3 Å². The Balaban J connectivity index is 1.58. The average Bonchev–Trinajstić information content (AvgIpc) is 3.41. The molecule has 1 atom stereocenters. The normalized spacial score (nSPS) is 15.2. The Bertz CT molecular complexity index is 1840. The van der Waals surface area contributed by atoms with Gasteiger partial charge in [0.25, 0.3) is 5.92 Å². The standard InChI is InChI=1S/C31H28ClF6IN6O/c1-14-22(39)12-20(19-3-4-21(32)26-28(19)45(2)44-30(26)40)27(42-14)23(9-15-7-17(33)11-18(34)8-15)43-25(46)13-41-29-16(10-24(35)36)5-6-31(29,37)38/h3-4,7-8,11-12,23-24,41H,5-6,9-10,13H2,1-2H3,(H2,40,44)(H,43,46)/t23-/m0/s1. The summed E-state index contributed by atoms with van der Waals surface area (Å²) >= 11 is 8.57. The lowest BCUT2D eigenvalue weighted by molar-refractivity contribution is -0.121. The van der Waals surface area contributed by atoms with E-state index in [0.717, 1.165) is 15.7 Å². The maximum absolute atomic E-state index is 14.6. The molecule has 2 aromatic carbocycles. The summed E-state index contributed by atoms with van der Waals surface area (Å²) < 4.78 is 86.0. The van der Waals surface area contributed by atoms with Crippen LogP contribution in [0.4, 0.5) is 32.2 Å². The second kappa shape index (κ2) is 13.3. The predicted octanol–water partition coefficient (Wildman–Crippen LogP) is 7.39. The molecule has 0 saturated heterocycles. The van der Waals surface area contributed by atoms with Gasteiger partial charge in [-0.15, -0.1) is 0 Å². The van der Waals surface area contributed by atoms with Crippen molar-refractivity contribution in [1.29, 1.82) is 0 Å². The van der Waals surface area contributed by atoms with Crippen molar-refractivity contribution < 1.29 is 31.1 Å². The van der Waals surface area contributed by atoms with Crippen molar-refractivity contribution in [3.63, 3.8) is 0 Å². The molecule has 0 spiro atoms. The number of carbonyl (C=O) groups excluding carboxylic acids is 1. The zero-order valence-electron chi connectivity index (χ0n) is 24.5. The first kappa shape index (κ1) is 33.8. The van der Waals surface area contributed by atoms with E-state index in [2.05, 4.69) is 38.3 Å². The molecule has 46 heavy (non-hydrogen) atoms. The second-order valence-corrected chi connectivity index (χ2v) is 12.6. The molecule has 0 unspecified atom stereocenters. The molecule has 1 amide bonds. The van der Waals surface area contributed by atoms with Gasteiger partial charge in [0.15, 0.2) is 5.82 Å². The zero-order valence-corrected chi connectivity index (χ0v) is 27.4. The van der Waals surface area contributed by atoms with E-state index in [1.54, 1.807) is 30.8 Å². The molecule has 0 aliphatic heterocycles. The Labute approximate surface area is 278 Å². The Morgan fingerprint density at radius 3 is 2.50 bits per heavy atom. The lowest BCUT2D eigenvalue weighted by atomic mass is 9.93. The summed E-state index contributed by atoms with van der Waals surface area (Å²) in [6.45, 7) is 1.07. The third-order valence-electron chi connectivity index (χ3n) is 7.75. The van der Waals surface area contributed by atoms with E-state index in [1.807, 2.05) is 6.07 Å². The minimum absolute atomic E-state index is 0.139. The van der Waals surface area contributed by atoms with Gasteiger partial charge in [0.1, 0.15) is 11.6 Å². The molecule has 5 rings (SSSR count). The third-order valence-corrected chi connectivity index (χ3v) is 9.16. The Kier molecular flexibility index (Phi) is 9.78. The smallest absolute Gasteiger partial charge is 0.287 e. The molecule has 2 heterocycles. The van der Waals surface area contributed by atoms with Crippen LogP contribution in [0.25, 0.3) is 22.0 Å².